The first-order valence-corrected chi connectivity index (χ1v) is 9.97. The smallest absolute Gasteiger partial charge is 0.276 e. The van der Waals surface area contributed by atoms with Gasteiger partial charge in [0.2, 0.25) is 10.0 Å². The molecule has 2 heterocycles. The summed E-state index contributed by atoms with van der Waals surface area (Å²) in [7, 11) is -3.23. The van der Waals surface area contributed by atoms with Crippen molar-refractivity contribution in [2.24, 2.45) is 0 Å². The summed E-state index contributed by atoms with van der Waals surface area (Å²) in [4.78, 5) is 14.3. The monoisotopic (exact) mass is 363 g/mol. The van der Waals surface area contributed by atoms with Crippen LogP contribution < -0.4 is 0 Å². The molecule has 1 aromatic heterocycles. The molecule has 0 spiro atoms. The van der Waals surface area contributed by atoms with Crippen molar-refractivity contribution >= 4 is 15.9 Å². The molecule has 8 nitrogen and oxygen atoms in total. The second-order valence-electron chi connectivity index (χ2n) is 6.09. The molecule has 3 rings (SSSR count). The summed E-state index contributed by atoms with van der Waals surface area (Å²) in [5, 5.41) is 7.99. The van der Waals surface area contributed by atoms with Crippen molar-refractivity contribution in [2.45, 2.75) is 13.0 Å². The van der Waals surface area contributed by atoms with Gasteiger partial charge < -0.3 is 4.90 Å². The molecule has 0 bridgehead atoms. The second-order valence-corrected chi connectivity index (χ2v) is 8.08. The van der Waals surface area contributed by atoms with Crippen molar-refractivity contribution in [3.8, 4) is 0 Å². The molecule has 1 fully saturated rings. The maximum atomic E-state index is 12.6. The van der Waals surface area contributed by atoms with Crippen molar-refractivity contribution in [1.29, 1.82) is 0 Å². The maximum absolute atomic E-state index is 12.6. The van der Waals surface area contributed by atoms with E-state index in [4.69, 9.17) is 0 Å². The van der Waals surface area contributed by atoms with Gasteiger partial charge in [0.1, 0.15) is 0 Å². The molecule has 0 atom stereocenters. The summed E-state index contributed by atoms with van der Waals surface area (Å²) in [5.74, 6) is -0.213. The Morgan fingerprint density at radius 3 is 2.60 bits per heavy atom. The van der Waals surface area contributed by atoms with Gasteiger partial charge in [0.25, 0.3) is 5.91 Å². The predicted octanol–water partition coefficient (Wildman–Crippen LogP) is 0.434. The SMILES string of the molecule is CS(=O)(=O)N1CCCN(C(=O)c2cn(Cc3ccccc3)nn2)CC1. The molecule has 1 aliphatic rings. The highest BCUT2D eigenvalue weighted by Crippen LogP contribution is 2.10. The average molecular weight is 363 g/mol. The third-order valence-corrected chi connectivity index (χ3v) is 5.46. The van der Waals surface area contributed by atoms with Crippen LogP contribution in [0.25, 0.3) is 0 Å². The number of amides is 1. The molecular formula is C16H21N5O3S. The molecule has 2 aromatic rings. The molecule has 1 saturated heterocycles. The molecule has 0 N–H and O–H groups in total. The van der Waals surface area contributed by atoms with E-state index in [1.807, 2.05) is 30.3 Å². The first kappa shape index (κ1) is 17.6. The van der Waals surface area contributed by atoms with E-state index < -0.39 is 10.0 Å². The zero-order valence-corrected chi connectivity index (χ0v) is 14.9. The summed E-state index contributed by atoms with van der Waals surface area (Å²) >= 11 is 0. The van der Waals surface area contributed by atoms with E-state index in [0.717, 1.165) is 5.56 Å². The van der Waals surface area contributed by atoms with E-state index in [9.17, 15) is 13.2 Å². The van der Waals surface area contributed by atoms with Gasteiger partial charge in [-0.3, -0.25) is 4.79 Å². The lowest BCUT2D eigenvalue weighted by molar-refractivity contribution is 0.0758. The Bertz CT molecular complexity index is 834. The van der Waals surface area contributed by atoms with Gasteiger partial charge in [-0.1, -0.05) is 35.5 Å². The predicted molar refractivity (Wildman–Crippen MR) is 92.5 cm³/mol. The zero-order valence-electron chi connectivity index (χ0n) is 14.1. The van der Waals surface area contributed by atoms with Crippen LogP contribution in [0.5, 0.6) is 0 Å². The molecule has 1 amide bonds. The number of aromatic nitrogens is 3. The van der Waals surface area contributed by atoms with E-state index in [2.05, 4.69) is 10.3 Å². The number of hydrogen-bond donors (Lipinski definition) is 0. The van der Waals surface area contributed by atoms with Crippen molar-refractivity contribution in [1.82, 2.24) is 24.2 Å². The highest BCUT2D eigenvalue weighted by molar-refractivity contribution is 7.88. The molecule has 1 aliphatic heterocycles. The molecule has 1 aromatic carbocycles. The standard InChI is InChI=1S/C16H21N5O3S/c1-25(23,24)21-9-5-8-19(10-11-21)16(22)15-13-20(18-17-15)12-14-6-3-2-4-7-14/h2-4,6-7,13H,5,8-12H2,1H3. The highest BCUT2D eigenvalue weighted by Gasteiger charge is 2.25. The van der Waals surface area contributed by atoms with Gasteiger partial charge in [-0.2, -0.15) is 0 Å². The third-order valence-electron chi connectivity index (χ3n) is 4.16. The van der Waals surface area contributed by atoms with Crippen LogP contribution in [0.4, 0.5) is 0 Å². The fraction of sp³-hybridized carbons (Fsp3) is 0.438. The minimum absolute atomic E-state index is 0.213. The summed E-state index contributed by atoms with van der Waals surface area (Å²) in [6.07, 6.45) is 3.44. The van der Waals surface area contributed by atoms with E-state index in [1.54, 1.807) is 15.8 Å². The lowest BCUT2D eigenvalue weighted by Gasteiger charge is -2.19. The minimum Gasteiger partial charge on any atom is -0.336 e. The summed E-state index contributed by atoms with van der Waals surface area (Å²) in [5.41, 5.74) is 1.36. The van der Waals surface area contributed by atoms with Crippen molar-refractivity contribution in [3.63, 3.8) is 0 Å². The van der Waals surface area contributed by atoms with Gasteiger partial charge in [-0.05, 0) is 12.0 Å². The van der Waals surface area contributed by atoms with Crippen LogP contribution in [-0.4, -0.2) is 71.0 Å². The average Bonchev–Trinajstić information content (AvgIpc) is 2.89. The Balaban J connectivity index is 1.65. The van der Waals surface area contributed by atoms with Gasteiger partial charge in [-0.15, -0.1) is 5.10 Å². The molecule has 9 heteroatoms. The molecule has 0 saturated carbocycles. The fourth-order valence-electron chi connectivity index (χ4n) is 2.83. The van der Waals surface area contributed by atoms with Gasteiger partial charge in [0.15, 0.2) is 5.69 Å². The van der Waals surface area contributed by atoms with E-state index in [1.165, 1.54) is 10.6 Å². The van der Waals surface area contributed by atoms with Crippen LogP contribution in [-0.2, 0) is 16.6 Å². The number of hydrogen-bond acceptors (Lipinski definition) is 5. The molecule has 0 unspecified atom stereocenters. The third kappa shape index (κ3) is 4.43. The van der Waals surface area contributed by atoms with E-state index in [-0.39, 0.29) is 11.6 Å². The minimum atomic E-state index is -3.23. The van der Waals surface area contributed by atoms with Crippen LogP contribution in [0.1, 0.15) is 22.5 Å². The van der Waals surface area contributed by atoms with Gasteiger partial charge >= 0.3 is 0 Å². The van der Waals surface area contributed by atoms with Crippen LogP contribution in [0.15, 0.2) is 36.5 Å². The van der Waals surface area contributed by atoms with Crippen molar-refractivity contribution in [2.75, 3.05) is 32.4 Å². The Hall–Kier alpha value is -2.26. The Morgan fingerprint density at radius 2 is 1.88 bits per heavy atom. The second kappa shape index (κ2) is 7.32. The van der Waals surface area contributed by atoms with Gasteiger partial charge in [-0.25, -0.2) is 17.4 Å². The normalized spacial score (nSPS) is 16.6. The van der Waals surface area contributed by atoms with Gasteiger partial charge in [0, 0.05) is 26.2 Å². The van der Waals surface area contributed by atoms with Crippen LogP contribution >= 0.6 is 0 Å². The number of rotatable bonds is 4. The maximum Gasteiger partial charge on any atom is 0.276 e. The first-order valence-electron chi connectivity index (χ1n) is 8.12. The molecule has 0 aliphatic carbocycles. The first-order chi connectivity index (χ1) is 11.9. The Kier molecular flexibility index (Phi) is 5.14. The Labute approximate surface area is 147 Å². The summed E-state index contributed by atoms with van der Waals surface area (Å²) < 4.78 is 26.4. The molecule has 0 radical (unpaired) electrons. The highest BCUT2D eigenvalue weighted by atomic mass is 32.2. The number of carbonyl (C=O) groups is 1. The Morgan fingerprint density at radius 1 is 1.12 bits per heavy atom. The zero-order chi connectivity index (χ0) is 17.9. The van der Waals surface area contributed by atoms with Crippen LogP contribution in [0, 0.1) is 0 Å². The van der Waals surface area contributed by atoms with E-state index >= 15 is 0 Å². The number of nitrogens with zero attached hydrogens (tertiary/aromatic N) is 5. The molecule has 134 valence electrons. The molecular weight excluding hydrogens is 342 g/mol. The molecule has 25 heavy (non-hydrogen) atoms. The summed E-state index contributed by atoms with van der Waals surface area (Å²) in [6, 6.07) is 9.81. The number of carbonyl (C=O) groups excluding carboxylic acids is 1. The van der Waals surface area contributed by atoms with E-state index in [0.29, 0.717) is 39.1 Å². The lowest BCUT2D eigenvalue weighted by Crippen LogP contribution is -2.37. The van der Waals surface area contributed by atoms with Crippen molar-refractivity contribution < 1.29 is 13.2 Å². The fourth-order valence-corrected chi connectivity index (χ4v) is 3.71. The van der Waals surface area contributed by atoms with Gasteiger partial charge in [0.05, 0.1) is 19.0 Å². The quantitative estimate of drug-likeness (QED) is 0.786. The number of sulfonamides is 1. The van der Waals surface area contributed by atoms with Crippen molar-refractivity contribution in [3.05, 3.63) is 47.8 Å². The topological polar surface area (TPSA) is 88.4 Å². The van der Waals surface area contributed by atoms with Crippen LogP contribution in [0.2, 0.25) is 0 Å². The van der Waals surface area contributed by atoms with Crippen LogP contribution in [0.3, 0.4) is 0 Å². The largest absolute Gasteiger partial charge is 0.336 e. The number of benzene rings is 1. The lowest BCUT2D eigenvalue weighted by atomic mass is 10.2. The summed E-state index contributed by atoms with van der Waals surface area (Å²) in [6.45, 7) is 2.16.